The molecule has 110 valence electrons. The van der Waals surface area contributed by atoms with E-state index in [-0.39, 0.29) is 17.9 Å². The zero-order chi connectivity index (χ0) is 14.8. The van der Waals surface area contributed by atoms with E-state index in [2.05, 4.69) is 10.3 Å². The molecular formula is C17H21N3O. The van der Waals surface area contributed by atoms with E-state index in [1.54, 1.807) is 6.20 Å². The Morgan fingerprint density at radius 3 is 3.00 bits per heavy atom. The van der Waals surface area contributed by atoms with Crippen molar-refractivity contribution < 1.29 is 4.79 Å². The molecule has 3 N–H and O–H groups in total. The third-order valence-electron chi connectivity index (χ3n) is 4.31. The van der Waals surface area contributed by atoms with E-state index in [0.717, 1.165) is 47.8 Å². The van der Waals surface area contributed by atoms with E-state index in [1.807, 2.05) is 31.2 Å². The van der Waals surface area contributed by atoms with Gasteiger partial charge in [-0.3, -0.25) is 9.78 Å². The van der Waals surface area contributed by atoms with Gasteiger partial charge in [-0.1, -0.05) is 12.5 Å². The first-order valence-corrected chi connectivity index (χ1v) is 7.56. The zero-order valence-electron chi connectivity index (χ0n) is 12.3. The number of nitrogens with one attached hydrogen (secondary N) is 1. The second-order valence-corrected chi connectivity index (χ2v) is 5.94. The van der Waals surface area contributed by atoms with Crippen LogP contribution in [0.1, 0.15) is 31.2 Å². The van der Waals surface area contributed by atoms with E-state index >= 15 is 0 Å². The molecule has 4 heteroatoms. The largest absolute Gasteiger partial charge is 0.328 e. The van der Waals surface area contributed by atoms with Gasteiger partial charge in [-0.05, 0) is 49.9 Å². The molecule has 1 aromatic heterocycles. The van der Waals surface area contributed by atoms with Crippen LogP contribution in [0.4, 0.5) is 5.69 Å². The minimum Gasteiger partial charge on any atom is -0.328 e. The number of hydrogen-bond acceptors (Lipinski definition) is 3. The Kier molecular flexibility index (Phi) is 3.88. The third-order valence-corrected chi connectivity index (χ3v) is 4.31. The van der Waals surface area contributed by atoms with Crippen molar-refractivity contribution in [3.8, 4) is 0 Å². The van der Waals surface area contributed by atoms with Crippen LogP contribution in [0.3, 0.4) is 0 Å². The molecule has 1 aliphatic rings. The van der Waals surface area contributed by atoms with Gasteiger partial charge in [0.1, 0.15) is 0 Å². The number of pyridine rings is 1. The van der Waals surface area contributed by atoms with E-state index in [4.69, 9.17) is 5.73 Å². The lowest BCUT2D eigenvalue weighted by Gasteiger charge is -2.25. The molecule has 1 heterocycles. The molecule has 2 atom stereocenters. The molecule has 0 radical (unpaired) electrons. The average Bonchev–Trinajstić information content (AvgIpc) is 2.50. The van der Waals surface area contributed by atoms with Gasteiger partial charge in [-0.2, -0.15) is 0 Å². The Balaban J connectivity index is 1.85. The molecule has 2 aromatic rings. The zero-order valence-corrected chi connectivity index (χ0v) is 12.3. The van der Waals surface area contributed by atoms with Gasteiger partial charge in [-0.15, -0.1) is 0 Å². The van der Waals surface area contributed by atoms with Gasteiger partial charge >= 0.3 is 0 Å². The van der Waals surface area contributed by atoms with Crippen molar-refractivity contribution in [2.24, 2.45) is 11.7 Å². The summed E-state index contributed by atoms with van der Waals surface area (Å²) >= 11 is 0. The second kappa shape index (κ2) is 5.82. The van der Waals surface area contributed by atoms with Crippen molar-refractivity contribution in [3.05, 3.63) is 36.0 Å². The van der Waals surface area contributed by atoms with Crippen LogP contribution in [0.2, 0.25) is 0 Å². The molecule has 1 fully saturated rings. The first-order chi connectivity index (χ1) is 10.1. The normalized spacial score (nSPS) is 22.2. The van der Waals surface area contributed by atoms with Crippen LogP contribution in [0.5, 0.6) is 0 Å². The third kappa shape index (κ3) is 2.90. The summed E-state index contributed by atoms with van der Waals surface area (Å²) in [4.78, 5) is 16.9. The van der Waals surface area contributed by atoms with Crippen LogP contribution in [-0.2, 0) is 4.79 Å². The molecule has 1 saturated carbocycles. The summed E-state index contributed by atoms with van der Waals surface area (Å²) in [6.45, 7) is 2.03. The maximum atomic E-state index is 12.5. The number of aryl methyl sites for hydroxylation is 1. The van der Waals surface area contributed by atoms with Crippen LogP contribution < -0.4 is 11.1 Å². The van der Waals surface area contributed by atoms with Crippen molar-refractivity contribution in [2.75, 3.05) is 5.32 Å². The molecule has 1 aromatic carbocycles. The smallest absolute Gasteiger partial charge is 0.227 e. The lowest BCUT2D eigenvalue weighted by atomic mass is 9.85. The lowest BCUT2D eigenvalue weighted by Crippen LogP contribution is -2.34. The number of aromatic nitrogens is 1. The number of hydrogen-bond donors (Lipinski definition) is 2. The molecule has 21 heavy (non-hydrogen) atoms. The fourth-order valence-corrected chi connectivity index (χ4v) is 3.12. The molecular weight excluding hydrogens is 262 g/mol. The maximum Gasteiger partial charge on any atom is 0.227 e. The Morgan fingerprint density at radius 1 is 1.33 bits per heavy atom. The number of amides is 1. The number of nitrogens with zero attached hydrogens (tertiary/aromatic N) is 1. The highest BCUT2D eigenvalue weighted by atomic mass is 16.1. The molecule has 1 aliphatic carbocycles. The monoisotopic (exact) mass is 283 g/mol. The van der Waals surface area contributed by atoms with Crippen molar-refractivity contribution in [1.82, 2.24) is 4.98 Å². The number of anilines is 1. The summed E-state index contributed by atoms with van der Waals surface area (Å²) in [5.74, 6) is 0.112. The summed E-state index contributed by atoms with van der Waals surface area (Å²) in [7, 11) is 0. The number of rotatable bonds is 2. The Labute approximate surface area is 124 Å². The summed E-state index contributed by atoms with van der Waals surface area (Å²) in [6, 6.07) is 8.01. The van der Waals surface area contributed by atoms with E-state index in [9.17, 15) is 4.79 Å². The summed E-state index contributed by atoms with van der Waals surface area (Å²) < 4.78 is 0. The van der Waals surface area contributed by atoms with E-state index in [1.165, 1.54) is 0 Å². The molecule has 0 bridgehead atoms. The van der Waals surface area contributed by atoms with Crippen LogP contribution in [0, 0.1) is 12.8 Å². The average molecular weight is 283 g/mol. The first kappa shape index (κ1) is 14.0. The Bertz CT molecular complexity index is 668. The molecule has 3 rings (SSSR count). The fourth-order valence-electron chi connectivity index (χ4n) is 3.12. The van der Waals surface area contributed by atoms with Gasteiger partial charge in [-0.25, -0.2) is 0 Å². The van der Waals surface area contributed by atoms with E-state index < -0.39 is 0 Å². The van der Waals surface area contributed by atoms with Gasteiger partial charge in [0.25, 0.3) is 0 Å². The maximum absolute atomic E-state index is 12.5. The predicted octanol–water partition coefficient (Wildman–Crippen LogP) is 3.00. The number of benzene rings is 1. The number of fused-ring (bicyclic) bond motifs is 1. The molecule has 0 saturated heterocycles. The summed E-state index contributed by atoms with van der Waals surface area (Å²) in [5.41, 5.74) is 8.87. The van der Waals surface area contributed by atoms with Gasteiger partial charge in [0, 0.05) is 23.5 Å². The van der Waals surface area contributed by atoms with Gasteiger partial charge in [0.05, 0.1) is 11.2 Å². The van der Waals surface area contributed by atoms with E-state index in [0.29, 0.717) is 0 Å². The molecule has 0 spiro atoms. The van der Waals surface area contributed by atoms with Gasteiger partial charge in [0.2, 0.25) is 5.91 Å². The molecule has 0 aliphatic heterocycles. The van der Waals surface area contributed by atoms with Crippen LogP contribution in [-0.4, -0.2) is 16.9 Å². The summed E-state index contributed by atoms with van der Waals surface area (Å²) in [6.07, 6.45) is 5.56. The summed E-state index contributed by atoms with van der Waals surface area (Å²) in [5, 5.41) is 4.06. The minimum atomic E-state index is 0.0294. The molecule has 4 nitrogen and oxygen atoms in total. The highest BCUT2D eigenvalue weighted by molar-refractivity contribution is 6.02. The predicted molar refractivity (Wildman–Crippen MR) is 85.0 cm³/mol. The Hall–Kier alpha value is -1.94. The quantitative estimate of drug-likeness (QED) is 0.890. The second-order valence-electron chi connectivity index (χ2n) is 5.94. The van der Waals surface area contributed by atoms with Crippen molar-refractivity contribution >= 4 is 22.5 Å². The minimum absolute atomic E-state index is 0.0294. The lowest BCUT2D eigenvalue weighted by molar-refractivity contribution is -0.120. The van der Waals surface area contributed by atoms with Crippen molar-refractivity contribution in [3.63, 3.8) is 0 Å². The standard InChI is InChI=1S/C17H21N3O/c1-11-7-8-15(14-6-3-9-19-16(11)14)20-17(21)12-4-2-5-13(18)10-12/h3,6-9,12-13H,2,4-5,10,18H2,1H3,(H,20,21). The number of carbonyl (C=O) groups is 1. The van der Waals surface area contributed by atoms with Crippen molar-refractivity contribution in [2.45, 2.75) is 38.6 Å². The number of carbonyl (C=O) groups excluding carboxylic acids is 1. The Morgan fingerprint density at radius 2 is 2.19 bits per heavy atom. The van der Waals surface area contributed by atoms with Crippen LogP contribution in [0.25, 0.3) is 10.9 Å². The molecule has 2 unspecified atom stereocenters. The number of nitrogens with two attached hydrogens (primary N) is 1. The first-order valence-electron chi connectivity index (χ1n) is 7.56. The van der Waals surface area contributed by atoms with Crippen LogP contribution >= 0.6 is 0 Å². The highest BCUT2D eigenvalue weighted by Gasteiger charge is 2.25. The highest BCUT2D eigenvalue weighted by Crippen LogP contribution is 2.28. The van der Waals surface area contributed by atoms with Gasteiger partial charge < -0.3 is 11.1 Å². The van der Waals surface area contributed by atoms with Crippen molar-refractivity contribution in [1.29, 1.82) is 0 Å². The topological polar surface area (TPSA) is 68.0 Å². The van der Waals surface area contributed by atoms with Gasteiger partial charge in [0.15, 0.2) is 0 Å². The molecule has 1 amide bonds. The SMILES string of the molecule is Cc1ccc(NC(=O)C2CCCC(N)C2)c2cccnc12. The van der Waals surface area contributed by atoms with Crippen LogP contribution in [0.15, 0.2) is 30.5 Å². The fraction of sp³-hybridized carbons (Fsp3) is 0.412.